The number of hydrogen-bond acceptors (Lipinski definition) is 4. The van der Waals surface area contributed by atoms with Crippen molar-refractivity contribution in [3.8, 4) is 0 Å². The molecule has 1 unspecified atom stereocenters. The number of rotatable bonds is 7. The van der Waals surface area contributed by atoms with E-state index in [1.54, 1.807) is 13.0 Å². The molecule has 34 heavy (non-hydrogen) atoms. The van der Waals surface area contributed by atoms with Crippen LogP contribution in [0.3, 0.4) is 0 Å². The molecule has 7 nitrogen and oxygen atoms in total. The molecule has 3 aromatic rings. The minimum Gasteiger partial charge on any atom is -0.350 e. The van der Waals surface area contributed by atoms with Crippen molar-refractivity contribution in [3.63, 3.8) is 0 Å². The monoisotopic (exact) mass is 477 g/mol. The Morgan fingerprint density at radius 3 is 2.41 bits per heavy atom. The van der Waals surface area contributed by atoms with E-state index in [9.17, 15) is 18.0 Å². The van der Waals surface area contributed by atoms with Crippen LogP contribution in [0, 0.1) is 0 Å². The van der Waals surface area contributed by atoms with E-state index in [1.165, 1.54) is 22.5 Å². The molecule has 0 spiro atoms. The van der Waals surface area contributed by atoms with Crippen LogP contribution in [0.25, 0.3) is 0 Å². The van der Waals surface area contributed by atoms with E-state index in [-0.39, 0.29) is 16.4 Å². The Kier molecular flexibility index (Phi) is 7.09. The molecule has 1 heterocycles. The molecule has 0 aliphatic carbocycles. The van der Waals surface area contributed by atoms with Crippen LogP contribution in [0.2, 0.25) is 0 Å². The molecule has 2 amide bonds. The van der Waals surface area contributed by atoms with E-state index in [4.69, 9.17) is 0 Å². The van der Waals surface area contributed by atoms with Gasteiger partial charge in [0.05, 0.1) is 4.90 Å². The molecule has 0 radical (unpaired) electrons. The maximum atomic E-state index is 13.3. The maximum absolute atomic E-state index is 13.3. The summed E-state index contributed by atoms with van der Waals surface area (Å²) in [5.41, 5.74) is 3.27. The second-order valence-corrected chi connectivity index (χ2v) is 10.2. The summed E-state index contributed by atoms with van der Waals surface area (Å²) in [4.78, 5) is 25.2. The molecule has 3 aromatic carbocycles. The summed E-state index contributed by atoms with van der Waals surface area (Å²) >= 11 is 0. The van der Waals surface area contributed by atoms with E-state index >= 15 is 0 Å². The highest BCUT2D eigenvalue weighted by Crippen LogP contribution is 2.25. The lowest BCUT2D eigenvalue weighted by atomic mass is 10.0. The first-order valence-corrected chi connectivity index (χ1v) is 12.6. The van der Waals surface area contributed by atoms with Gasteiger partial charge in [0.1, 0.15) is 6.04 Å². The fraction of sp³-hybridized carbons (Fsp3) is 0.231. The standard InChI is InChI=1S/C26H27N3O4S/c1-19(25(30)27-17-20-8-3-2-4-9-20)28-26(31)22-12-7-13-24(16-22)34(32,33)29-15-14-21-10-5-6-11-23(21)18-29/h2-13,16,19H,14-15,17-18H2,1H3,(H,27,30)(H,28,31). The van der Waals surface area contributed by atoms with Crippen LogP contribution in [-0.2, 0) is 34.3 Å². The first kappa shape index (κ1) is 23.7. The Hall–Kier alpha value is -3.49. The van der Waals surface area contributed by atoms with E-state index < -0.39 is 22.0 Å². The molecule has 0 bridgehead atoms. The molecule has 0 saturated carbocycles. The third kappa shape index (κ3) is 5.35. The van der Waals surface area contributed by atoms with Crippen LogP contribution >= 0.6 is 0 Å². The lowest BCUT2D eigenvalue weighted by Crippen LogP contribution is -2.44. The first-order chi connectivity index (χ1) is 16.3. The summed E-state index contributed by atoms with van der Waals surface area (Å²) < 4.78 is 27.9. The van der Waals surface area contributed by atoms with Crippen molar-refractivity contribution in [2.45, 2.75) is 37.4 Å². The number of amides is 2. The summed E-state index contributed by atoms with van der Waals surface area (Å²) in [6.45, 7) is 2.62. The molecule has 0 fully saturated rings. The van der Waals surface area contributed by atoms with Gasteiger partial charge in [0, 0.05) is 25.2 Å². The van der Waals surface area contributed by atoms with Gasteiger partial charge in [-0.05, 0) is 48.2 Å². The Bertz CT molecular complexity index is 1290. The molecule has 1 aliphatic heterocycles. The largest absolute Gasteiger partial charge is 0.350 e. The smallest absolute Gasteiger partial charge is 0.251 e. The van der Waals surface area contributed by atoms with Crippen LogP contribution in [0.15, 0.2) is 83.8 Å². The highest BCUT2D eigenvalue weighted by molar-refractivity contribution is 7.89. The highest BCUT2D eigenvalue weighted by Gasteiger charge is 2.29. The predicted molar refractivity (Wildman–Crippen MR) is 129 cm³/mol. The zero-order valence-electron chi connectivity index (χ0n) is 18.9. The lowest BCUT2D eigenvalue weighted by Gasteiger charge is -2.28. The predicted octanol–water partition coefficient (Wildman–Crippen LogP) is 2.87. The normalized spacial score (nSPS) is 14.6. The Labute approximate surface area is 199 Å². The topological polar surface area (TPSA) is 95.6 Å². The highest BCUT2D eigenvalue weighted by atomic mass is 32.2. The van der Waals surface area contributed by atoms with Gasteiger partial charge in [0.25, 0.3) is 5.91 Å². The lowest BCUT2D eigenvalue weighted by molar-refractivity contribution is -0.122. The zero-order chi connectivity index (χ0) is 24.1. The van der Waals surface area contributed by atoms with Crippen LogP contribution in [-0.4, -0.2) is 37.1 Å². The number of carbonyl (C=O) groups is 2. The number of sulfonamides is 1. The number of hydrogen-bond donors (Lipinski definition) is 2. The summed E-state index contributed by atoms with van der Waals surface area (Å²) in [5.74, 6) is -0.837. The molecule has 4 rings (SSSR count). The first-order valence-electron chi connectivity index (χ1n) is 11.1. The van der Waals surface area contributed by atoms with E-state index in [1.807, 2.05) is 54.6 Å². The van der Waals surface area contributed by atoms with Crippen molar-refractivity contribution in [1.29, 1.82) is 0 Å². The fourth-order valence-electron chi connectivity index (χ4n) is 3.91. The van der Waals surface area contributed by atoms with Gasteiger partial charge in [-0.15, -0.1) is 0 Å². The van der Waals surface area contributed by atoms with Gasteiger partial charge in [-0.3, -0.25) is 9.59 Å². The quantitative estimate of drug-likeness (QED) is 0.547. The van der Waals surface area contributed by atoms with Crippen LogP contribution in [0.5, 0.6) is 0 Å². The molecule has 1 aliphatic rings. The second kappa shape index (κ2) is 10.2. The van der Waals surface area contributed by atoms with Crippen molar-refractivity contribution < 1.29 is 18.0 Å². The van der Waals surface area contributed by atoms with Crippen LogP contribution in [0.1, 0.15) is 34.0 Å². The van der Waals surface area contributed by atoms with E-state index in [0.29, 0.717) is 26.1 Å². The summed E-state index contributed by atoms with van der Waals surface area (Å²) in [6, 6.07) is 22.4. The maximum Gasteiger partial charge on any atom is 0.251 e. The van der Waals surface area contributed by atoms with Gasteiger partial charge in [-0.25, -0.2) is 8.42 Å². The summed E-state index contributed by atoms with van der Waals surface area (Å²) in [5, 5.41) is 5.43. The number of fused-ring (bicyclic) bond motifs is 1. The third-order valence-electron chi connectivity index (χ3n) is 5.88. The van der Waals surface area contributed by atoms with Crippen molar-refractivity contribution >= 4 is 21.8 Å². The van der Waals surface area contributed by atoms with Gasteiger partial charge in [-0.2, -0.15) is 4.31 Å². The van der Waals surface area contributed by atoms with E-state index in [0.717, 1.165) is 16.7 Å². The Morgan fingerprint density at radius 1 is 0.941 bits per heavy atom. The molecular weight excluding hydrogens is 450 g/mol. The molecule has 8 heteroatoms. The van der Waals surface area contributed by atoms with E-state index in [2.05, 4.69) is 10.6 Å². The Morgan fingerprint density at radius 2 is 1.65 bits per heavy atom. The van der Waals surface area contributed by atoms with Crippen molar-refractivity contribution in [2.75, 3.05) is 6.54 Å². The summed E-state index contributed by atoms with van der Waals surface area (Å²) in [6.07, 6.45) is 0.644. The molecule has 0 saturated heterocycles. The zero-order valence-corrected chi connectivity index (χ0v) is 19.7. The minimum absolute atomic E-state index is 0.0562. The van der Waals surface area contributed by atoms with Gasteiger partial charge in [0.15, 0.2) is 0 Å². The van der Waals surface area contributed by atoms with Crippen LogP contribution < -0.4 is 10.6 Å². The van der Waals surface area contributed by atoms with Crippen molar-refractivity contribution in [3.05, 3.63) is 101 Å². The minimum atomic E-state index is -3.77. The average molecular weight is 478 g/mol. The average Bonchev–Trinajstić information content (AvgIpc) is 2.87. The van der Waals surface area contributed by atoms with Gasteiger partial charge < -0.3 is 10.6 Å². The van der Waals surface area contributed by atoms with Crippen molar-refractivity contribution in [2.24, 2.45) is 0 Å². The number of nitrogens with one attached hydrogen (secondary N) is 2. The molecule has 0 aromatic heterocycles. The summed E-state index contributed by atoms with van der Waals surface area (Å²) in [7, 11) is -3.77. The number of benzene rings is 3. The fourth-order valence-corrected chi connectivity index (χ4v) is 5.37. The molecule has 2 N–H and O–H groups in total. The van der Waals surface area contributed by atoms with Crippen molar-refractivity contribution in [1.82, 2.24) is 14.9 Å². The number of nitrogens with zero attached hydrogens (tertiary/aromatic N) is 1. The Balaban J connectivity index is 1.41. The van der Waals surface area contributed by atoms with Gasteiger partial charge in [0.2, 0.25) is 15.9 Å². The van der Waals surface area contributed by atoms with Gasteiger partial charge >= 0.3 is 0 Å². The molecular formula is C26H27N3O4S. The number of carbonyl (C=O) groups excluding carboxylic acids is 2. The van der Waals surface area contributed by atoms with Gasteiger partial charge in [-0.1, -0.05) is 60.7 Å². The van der Waals surface area contributed by atoms with Crippen LogP contribution in [0.4, 0.5) is 0 Å². The third-order valence-corrected chi connectivity index (χ3v) is 7.72. The second-order valence-electron chi connectivity index (χ2n) is 8.28. The molecule has 176 valence electrons. The SMILES string of the molecule is CC(NC(=O)c1cccc(S(=O)(=O)N2CCc3ccccc3C2)c1)C(=O)NCc1ccccc1. The molecule has 1 atom stereocenters.